The van der Waals surface area contributed by atoms with Crippen LogP contribution >= 0.6 is 0 Å². The zero-order chi connectivity index (χ0) is 8.32. The van der Waals surface area contributed by atoms with E-state index >= 15 is 0 Å². The highest BCUT2D eigenvalue weighted by Gasteiger charge is 2.80. The van der Waals surface area contributed by atoms with Gasteiger partial charge in [0.2, 0.25) is 0 Å². The Morgan fingerprint density at radius 1 is 0.769 bits per heavy atom. The molecule has 0 spiro atoms. The van der Waals surface area contributed by atoms with Crippen LogP contribution in [0.5, 0.6) is 0 Å². The lowest BCUT2D eigenvalue weighted by molar-refractivity contribution is 0.0112. The van der Waals surface area contributed by atoms with E-state index in [2.05, 4.69) is 12.4 Å². The number of hydrogen-bond acceptors (Lipinski definition) is 1. The molecular weight excluding hydrogens is 158 g/mol. The molecule has 0 aromatic carbocycles. The van der Waals surface area contributed by atoms with Gasteiger partial charge in [0.25, 0.3) is 0 Å². The molecule has 5 aliphatic rings. The largest absolute Gasteiger partial charge is 0.316 e. The van der Waals surface area contributed by atoms with E-state index in [-0.39, 0.29) is 0 Å². The van der Waals surface area contributed by atoms with Gasteiger partial charge in [0.05, 0.1) is 0 Å². The molecule has 1 nitrogen and oxygen atoms in total. The van der Waals surface area contributed by atoms with Crippen molar-refractivity contribution in [1.82, 2.24) is 5.32 Å². The second-order valence-corrected chi connectivity index (χ2v) is 6.25. The van der Waals surface area contributed by atoms with E-state index in [1.807, 2.05) is 0 Å². The van der Waals surface area contributed by atoms with E-state index in [9.17, 15) is 0 Å². The highest BCUT2D eigenvalue weighted by Crippen LogP contribution is 2.82. The summed E-state index contributed by atoms with van der Waals surface area (Å²) < 4.78 is 0. The van der Waals surface area contributed by atoms with Crippen LogP contribution in [0.1, 0.15) is 12.8 Å². The molecule has 5 rings (SSSR count). The Bertz CT molecular complexity index is 293. The van der Waals surface area contributed by atoms with Crippen molar-refractivity contribution in [3.05, 3.63) is 0 Å². The molecule has 70 valence electrons. The normalized spacial score (nSPS) is 79.6. The first kappa shape index (κ1) is 6.44. The van der Waals surface area contributed by atoms with Crippen LogP contribution in [-0.2, 0) is 0 Å². The van der Waals surface area contributed by atoms with Crippen LogP contribution in [0.2, 0.25) is 0 Å². The summed E-state index contributed by atoms with van der Waals surface area (Å²) in [6, 6.07) is 0.947. The lowest BCUT2D eigenvalue weighted by Crippen LogP contribution is -2.50. The van der Waals surface area contributed by atoms with Gasteiger partial charge in [-0.25, -0.2) is 0 Å². The summed E-state index contributed by atoms with van der Waals surface area (Å²) >= 11 is 0. The molecule has 0 saturated heterocycles. The van der Waals surface area contributed by atoms with E-state index in [4.69, 9.17) is 0 Å². The molecule has 0 aliphatic heterocycles. The van der Waals surface area contributed by atoms with Crippen LogP contribution in [0.3, 0.4) is 0 Å². The van der Waals surface area contributed by atoms with E-state index in [1.165, 1.54) is 35.5 Å². The molecule has 2 bridgehead atoms. The number of rotatable bonds is 1. The van der Waals surface area contributed by atoms with Crippen LogP contribution in [0.4, 0.5) is 0 Å². The zero-order valence-corrected chi connectivity index (χ0v) is 8.11. The van der Waals surface area contributed by atoms with Gasteiger partial charge in [-0.2, -0.15) is 0 Å². The lowest BCUT2D eigenvalue weighted by Gasteiger charge is -2.47. The van der Waals surface area contributed by atoms with Gasteiger partial charge in [0.1, 0.15) is 0 Å². The molecular formula is C12H17N. The van der Waals surface area contributed by atoms with Crippen molar-refractivity contribution in [1.29, 1.82) is 0 Å². The fourth-order valence-corrected chi connectivity index (χ4v) is 6.86. The Morgan fingerprint density at radius 3 is 2.23 bits per heavy atom. The average Bonchev–Trinajstić information content (AvgIpc) is 2.61. The molecule has 5 saturated carbocycles. The molecule has 0 heterocycles. The molecule has 5 fully saturated rings. The Morgan fingerprint density at radius 2 is 1.46 bits per heavy atom. The first-order valence-electron chi connectivity index (χ1n) is 6.09. The summed E-state index contributed by atoms with van der Waals surface area (Å²) in [5.41, 5.74) is 0. The minimum absolute atomic E-state index is 0.947. The molecule has 0 aromatic heterocycles. The Hall–Kier alpha value is -0.0400. The van der Waals surface area contributed by atoms with Gasteiger partial charge < -0.3 is 5.32 Å². The maximum absolute atomic E-state index is 3.64. The standard InChI is InChI=1S/C12H17N/c1-13-12-9-5-3-6-8-4(5)2-7(9)10(8)11(6)12/h4-13H,2-3H2,1H3. The summed E-state index contributed by atoms with van der Waals surface area (Å²) in [6.07, 6.45) is 3.27. The molecule has 0 amide bonds. The highest BCUT2D eigenvalue weighted by atomic mass is 15.0. The molecule has 1 heteroatoms. The van der Waals surface area contributed by atoms with Crippen LogP contribution < -0.4 is 5.32 Å². The van der Waals surface area contributed by atoms with E-state index in [0.717, 1.165) is 17.9 Å². The quantitative estimate of drug-likeness (QED) is 0.634. The molecule has 9 unspecified atom stereocenters. The van der Waals surface area contributed by atoms with Gasteiger partial charge in [-0.15, -0.1) is 0 Å². The average molecular weight is 175 g/mol. The van der Waals surface area contributed by atoms with E-state index < -0.39 is 0 Å². The van der Waals surface area contributed by atoms with Gasteiger partial charge in [0, 0.05) is 6.04 Å². The van der Waals surface area contributed by atoms with Crippen molar-refractivity contribution < 1.29 is 0 Å². The van der Waals surface area contributed by atoms with Crippen LogP contribution in [-0.4, -0.2) is 13.1 Å². The van der Waals surface area contributed by atoms with Crippen molar-refractivity contribution in [3.63, 3.8) is 0 Å². The second kappa shape index (κ2) is 1.60. The minimum atomic E-state index is 0.947. The third kappa shape index (κ3) is 0.407. The number of nitrogens with one attached hydrogen (secondary N) is 1. The van der Waals surface area contributed by atoms with Crippen molar-refractivity contribution in [2.75, 3.05) is 7.05 Å². The summed E-state index contributed by atoms with van der Waals surface area (Å²) in [4.78, 5) is 0. The SMILES string of the molecule is CNC1C2C3CC4C5C3CC2C5C41. The van der Waals surface area contributed by atoms with E-state index in [0.29, 0.717) is 0 Å². The van der Waals surface area contributed by atoms with Crippen LogP contribution in [0.25, 0.3) is 0 Å². The summed E-state index contributed by atoms with van der Waals surface area (Å²) in [5.74, 6) is 9.44. The first-order chi connectivity index (χ1) is 6.42. The highest BCUT2D eigenvalue weighted by molar-refractivity contribution is 5.29. The molecule has 5 aliphatic carbocycles. The molecule has 9 atom stereocenters. The summed E-state index contributed by atoms with van der Waals surface area (Å²) in [6.45, 7) is 0. The van der Waals surface area contributed by atoms with Gasteiger partial charge in [0.15, 0.2) is 0 Å². The topological polar surface area (TPSA) is 12.0 Å². The van der Waals surface area contributed by atoms with Gasteiger partial charge in [-0.1, -0.05) is 0 Å². The Balaban J connectivity index is 1.76. The third-order valence-corrected chi connectivity index (χ3v) is 6.66. The monoisotopic (exact) mass is 175 g/mol. The predicted molar refractivity (Wildman–Crippen MR) is 50.0 cm³/mol. The number of hydrogen-bond donors (Lipinski definition) is 1. The fourth-order valence-electron chi connectivity index (χ4n) is 6.86. The molecule has 1 N–H and O–H groups in total. The third-order valence-electron chi connectivity index (χ3n) is 6.66. The van der Waals surface area contributed by atoms with Gasteiger partial charge in [-0.05, 0) is 67.2 Å². The Kier molecular flexibility index (Phi) is 0.793. The predicted octanol–water partition coefficient (Wildman–Crippen LogP) is 1.35. The van der Waals surface area contributed by atoms with E-state index in [1.54, 1.807) is 12.8 Å². The van der Waals surface area contributed by atoms with Crippen molar-refractivity contribution in [2.45, 2.75) is 18.9 Å². The summed E-state index contributed by atoms with van der Waals surface area (Å²) in [7, 11) is 2.20. The van der Waals surface area contributed by atoms with Crippen LogP contribution in [0, 0.1) is 47.3 Å². The van der Waals surface area contributed by atoms with Gasteiger partial charge in [-0.3, -0.25) is 0 Å². The maximum Gasteiger partial charge on any atom is 0.0132 e. The second-order valence-electron chi connectivity index (χ2n) is 6.25. The van der Waals surface area contributed by atoms with Crippen LogP contribution in [0.15, 0.2) is 0 Å². The summed E-state index contributed by atoms with van der Waals surface area (Å²) in [5, 5.41) is 3.64. The van der Waals surface area contributed by atoms with Crippen molar-refractivity contribution in [3.8, 4) is 0 Å². The van der Waals surface area contributed by atoms with Gasteiger partial charge >= 0.3 is 0 Å². The minimum Gasteiger partial charge on any atom is -0.316 e. The maximum atomic E-state index is 3.64. The number of fused-ring (bicyclic) bond motifs is 2. The lowest BCUT2D eigenvalue weighted by atomic mass is 9.59. The molecule has 0 aromatic rings. The zero-order valence-electron chi connectivity index (χ0n) is 8.11. The first-order valence-corrected chi connectivity index (χ1v) is 6.09. The molecule has 13 heavy (non-hydrogen) atoms. The molecule has 0 radical (unpaired) electrons. The van der Waals surface area contributed by atoms with Crippen molar-refractivity contribution in [2.24, 2.45) is 47.3 Å². The van der Waals surface area contributed by atoms with Crippen molar-refractivity contribution >= 4 is 0 Å². The Labute approximate surface area is 79.3 Å². The fraction of sp³-hybridized carbons (Fsp3) is 1.00. The smallest absolute Gasteiger partial charge is 0.0132 e.